The van der Waals surface area contributed by atoms with Crippen molar-refractivity contribution in [2.75, 3.05) is 25.5 Å². The molecule has 8 heteroatoms. The number of furan rings is 1. The van der Waals surface area contributed by atoms with Crippen molar-refractivity contribution < 1.29 is 17.2 Å². The second-order valence-electron chi connectivity index (χ2n) is 6.51. The zero-order valence-electron chi connectivity index (χ0n) is 14.6. The number of fused-ring (bicyclic) bond motifs is 1. The number of anilines is 1. The maximum Gasteiger partial charge on any atom is 0.243 e. The maximum absolute atomic E-state index is 13.4. The largest absolute Gasteiger partial charge is 0.439 e. The first-order chi connectivity index (χ1) is 12.9. The lowest BCUT2D eigenvalue weighted by Gasteiger charge is -2.15. The number of nitrogens with one attached hydrogen (secondary N) is 1. The average molecular weight is 409 g/mol. The van der Waals surface area contributed by atoms with E-state index < -0.39 is 16.2 Å². The van der Waals surface area contributed by atoms with E-state index >= 15 is 0 Å². The van der Waals surface area contributed by atoms with Gasteiger partial charge in [-0.1, -0.05) is 23.7 Å². The molecule has 0 saturated carbocycles. The first-order valence-electron chi connectivity index (χ1n) is 8.54. The second-order valence-corrected chi connectivity index (χ2v) is 8.86. The van der Waals surface area contributed by atoms with Gasteiger partial charge < -0.3 is 9.73 Å². The Morgan fingerprint density at radius 1 is 1.19 bits per heavy atom. The number of benzene rings is 2. The number of rotatable bonds is 4. The van der Waals surface area contributed by atoms with Gasteiger partial charge in [0.25, 0.3) is 0 Å². The molecular weight excluding hydrogens is 391 g/mol. The maximum atomic E-state index is 13.4. The normalized spacial score (nSPS) is 18.3. The van der Waals surface area contributed by atoms with E-state index in [0.717, 1.165) is 16.5 Å². The zero-order valence-corrected chi connectivity index (χ0v) is 16.1. The van der Waals surface area contributed by atoms with Crippen LogP contribution in [0.1, 0.15) is 6.42 Å². The van der Waals surface area contributed by atoms with Crippen LogP contribution in [0, 0.1) is 0 Å². The molecule has 1 fully saturated rings. The number of sulfonamides is 1. The van der Waals surface area contributed by atoms with Gasteiger partial charge in [-0.3, -0.25) is 0 Å². The third kappa shape index (κ3) is 3.31. The molecule has 3 aromatic rings. The van der Waals surface area contributed by atoms with Crippen molar-refractivity contribution in [1.29, 1.82) is 0 Å². The molecule has 0 unspecified atom stereocenters. The van der Waals surface area contributed by atoms with Crippen LogP contribution in [0.2, 0.25) is 5.02 Å². The van der Waals surface area contributed by atoms with Crippen molar-refractivity contribution in [3.05, 3.63) is 47.5 Å². The van der Waals surface area contributed by atoms with E-state index in [1.807, 2.05) is 12.1 Å². The Morgan fingerprint density at radius 2 is 1.93 bits per heavy atom. The Kier molecular flexibility index (Phi) is 4.61. The highest BCUT2D eigenvalue weighted by atomic mass is 35.5. The average Bonchev–Trinajstić information content (AvgIpc) is 3.28. The van der Waals surface area contributed by atoms with Gasteiger partial charge in [-0.15, -0.1) is 0 Å². The molecule has 2 aromatic carbocycles. The van der Waals surface area contributed by atoms with E-state index in [1.165, 1.54) is 4.31 Å². The van der Waals surface area contributed by atoms with Crippen molar-refractivity contribution in [1.82, 2.24) is 4.31 Å². The lowest BCUT2D eigenvalue weighted by atomic mass is 10.0. The molecule has 1 saturated heterocycles. The van der Waals surface area contributed by atoms with Crippen LogP contribution in [-0.4, -0.2) is 39.0 Å². The summed E-state index contributed by atoms with van der Waals surface area (Å²) in [5, 5.41) is 4.26. The van der Waals surface area contributed by atoms with E-state index in [1.54, 1.807) is 37.4 Å². The first kappa shape index (κ1) is 18.3. The highest BCUT2D eigenvalue weighted by Gasteiger charge is 2.32. The second kappa shape index (κ2) is 6.82. The third-order valence-electron chi connectivity index (χ3n) is 4.74. The summed E-state index contributed by atoms with van der Waals surface area (Å²) in [6.07, 6.45) is -0.847. The zero-order chi connectivity index (χ0) is 19.2. The van der Waals surface area contributed by atoms with Crippen LogP contribution < -0.4 is 5.32 Å². The molecule has 4 rings (SSSR count). The molecule has 2 heterocycles. The Morgan fingerprint density at radius 3 is 2.56 bits per heavy atom. The van der Waals surface area contributed by atoms with E-state index in [9.17, 15) is 12.8 Å². The highest BCUT2D eigenvalue weighted by Crippen LogP contribution is 2.35. The third-order valence-corrected chi connectivity index (χ3v) is 6.90. The van der Waals surface area contributed by atoms with Crippen LogP contribution in [-0.2, 0) is 10.0 Å². The van der Waals surface area contributed by atoms with Crippen LogP contribution in [0.4, 0.5) is 10.3 Å². The number of hydrogen-bond donors (Lipinski definition) is 1. The van der Waals surface area contributed by atoms with Crippen molar-refractivity contribution in [2.45, 2.75) is 17.5 Å². The predicted octanol–water partition coefficient (Wildman–Crippen LogP) is 4.53. The Hall–Kier alpha value is -2.09. The molecular formula is C19H18ClFN2O3S. The fourth-order valence-electron chi connectivity index (χ4n) is 3.27. The quantitative estimate of drug-likeness (QED) is 0.689. The molecule has 5 nitrogen and oxygen atoms in total. The van der Waals surface area contributed by atoms with Gasteiger partial charge in [0.05, 0.1) is 9.92 Å². The van der Waals surface area contributed by atoms with E-state index in [0.29, 0.717) is 16.5 Å². The predicted molar refractivity (Wildman–Crippen MR) is 104 cm³/mol. The van der Waals surface area contributed by atoms with Crippen LogP contribution in [0.15, 0.2) is 51.8 Å². The summed E-state index contributed by atoms with van der Waals surface area (Å²) in [6.45, 7) is 0.135. The van der Waals surface area contributed by atoms with Crippen LogP contribution in [0.25, 0.3) is 22.1 Å². The highest BCUT2D eigenvalue weighted by molar-refractivity contribution is 7.89. The molecule has 1 N–H and O–H groups in total. The minimum Gasteiger partial charge on any atom is -0.439 e. The number of nitrogens with zero attached hydrogens (tertiary/aromatic N) is 1. The molecule has 0 radical (unpaired) electrons. The molecule has 142 valence electrons. The van der Waals surface area contributed by atoms with Crippen molar-refractivity contribution >= 4 is 38.5 Å². The summed E-state index contributed by atoms with van der Waals surface area (Å²) in [4.78, 5) is 0.160. The van der Waals surface area contributed by atoms with Crippen molar-refractivity contribution in [3.63, 3.8) is 0 Å². The number of hydrogen-bond acceptors (Lipinski definition) is 4. The van der Waals surface area contributed by atoms with Gasteiger partial charge >= 0.3 is 0 Å². The van der Waals surface area contributed by atoms with Crippen molar-refractivity contribution in [3.8, 4) is 11.1 Å². The first-order valence-corrected chi connectivity index (χ1v) is 10.4. The minimum absolute atomic E-state index is 0.0787. The summed E-state index contributed by atoms with van der Waals surface area (Å²) < 4.78 is 45.4. The van der Waals surface area contributed by atoms with Gasteiger partial charge in [0.1, 0.15) is 6.17 Å². The Balaban J connectivity index is 1.67. The molecule has 0 amide bonds. The van der Waals surface area contributed by atoms with Crippen LogP contribution >= 0.6 is 11.6 Å². The molecule has 1 aliphatic rings. The number of alkyl halides is 1. The van der Waals surface area contributed by atoms with Gasteiger partial charge in [0.2, 0.25) is 10.0 Å². The van der Waals surface area contributed by atoms with Gasteiger partial charge in [-0.2, -0.15) is 4.31 Å². The Bertz CT molecular complexity index is 1100. The Labute approximate surface area is 161 Å². The summed E-state index contributed by atoms with van der Waals surface area (Å²) in [7, 11) is -1.91. The standard InChI is InChI=1S/C19H18ClFN2O3S/c1-22-18-10-14-8-13(9-17(20)19(14)26-18)12-2-4-16(5-3-12)27(24,25)23-7-6-15(21)11-23/h2-5,8-10,15,22H,6-7,11H2,1H3/t15-/m1/s1. The molecule has 27 heavy (non-hydrogen) atoms. The van der Waals surface area contributed by atoms with Gasteiger partial charge in [0.15, 0.2) is 11.5 Å². The SMILES string of the molecule is CNc1cc2cc(-c3ccc(S(=O)(=O)N4CC[C@@H](F)C4)cc3)cc(Cl)c2o1. The van der Waals surface area contributed by atoms with E-state index in [4.69, 9.17) is 16.0 Å². The molecule has 0 aliphatic carbocycles. The molecule has 1 aliphatic heterocycles. The van der Waals surface area contributed by atoms with Crippen LogP contribution in [0.3, 0.4) is 0 Å². The van der Waals surface area contributed by atoms with Crippen molar-refractivity contribution in [2.24, 2.45) is 0 Å². The lowest BCUT2D eigenvalue weighted by Crippen LogP contribution is -2.29. The monoisotopic (exact) mass is 408 g/mol. The summed E-state index contributed by atoms with van der Waals surface area (Å²) >= 11 is 6.33. The summed E-state index contributed by atoms with van der Waals surface area (Å²) in [5.41, 5.74) is 2.28. The number of halogens is 2. The lowest BCUT2D eigenvalue weighted by molar-refractivity contribution is 0.343. The fraction of sp³-hybridized carbons (Fsp3) is 0.263. The van der Waals surface area contributed by atoms with Gasteiger partial charge in [0, 0.05) is 31.6 Å². The van der Waals surface area contributed by atoms with Gasteiger partial charge in [-0.05, 0) is 41.8 Å². The molecule has 0 bridgehead atoms. The summed E-state index contributed by atoms with van der Waals surface area (Å²) in [6, 6.07) is 12.1. The minimum atomic E-state index is -3.67. The van der Waals surface area contributed by atoms with E-state index in [-0.39, 0.29) is 24.4 Å². The topological polar surface area (TPSA) is 62.6 Å². The molecule has 1 aromatic heterocycles. The summed E-state index contributed by atoms with van der Waals surface area (Å²) in [5.74, 6) is 0.613. The van der Waals surface area contributed by atoms with Crippen LogP contribution in [0.5, 0.6) is 0 Å². The molecule has 0 spiro atoms. The van der Waals surface area contributed by atoms with E-state index in [2.05, 4.69) is 5.32 Å². The van der Waals surface area contributed by atoms with Gasteiger partial charge in [-0.25, -0.2) is 12.8 Å². The smallest absolute Gasteiger partial charge is 0.243 e. The fourth-order valence-corrected chi connectivity index (χ4v) is 5.02. The molecule has 1 atom stereocenters.